The van der Waals surface area contributed by atoms with Crippen molar-refractivity contribution in [1.29, 1.82) is 0 Å². The second kappa shape index (κ2) is 6.79. The Hall–Kier alpha value is -4.14. The van der Waals surface area contributed by atoms with E-state index in [2.05, 4.69) is 25.3 Å². The highest BCUT2D eigenvalue weighted by atomic mass is 16.5. The molecule has 9 heteroatoms. The molecule has 0 atom stereocenters. The first kappa shape index (κ1) is 17.0. The Labute approximate surface area is 164 Å². The van der Waals surface area contributed by atoms with Gasteiger partial charge in [0.1, 0.15) is 5.52 Å². The molecule has 0 aliphatic rings. The number of rotatable bonds is 4. The van der Waals surface area contributed by atoms with Gasteiger partial charge in [-0.2, -0.15) is 0 Å². The predicted molar refractivity (Wildman–Crippen MR) is 107 cm³/mol. The Morgan fingerprint density at radius 1 is 1.07 bits per heavy atom. The van der Waals surface area contributed by atoms with Crippen LogP contribution in [0.1, 0.15) is 5.56 Å². The zero-order valence-electron chi connectivity index (χ0n) is 15.4. The number of pyridine rings is 2. The van der Waals surface area contributed by atoms with E-state index in [1.807, 2.05) is 30.3 Å². The number of hydrogen-bond acceptors (Lipinski definition) is 7. The van der Waals surface area contributed by atoms with Crippen molar-refractivity contribution in [3.05, 3.63) is 70.8 Å². The van der Waals surface area contributed by atoms with Crippen LogP contribution in [-0.4, -0.2) is 42.0 Å². The van der Waals surface area contributed by atoms with Crippen molar-refractivity contribution in [3.63, 3.8) is 0 Å². The minimum Gasteiger partial charge on any atom is -0.467 e. The van der Waals surface area contributed by atoms with Gasteiger partial charge in [-0.05, 0) is 41.3 Å². The van der Waals surface area contributed by atoms with Crippen molar-refractivity contribution in [1.82, 2.24) is 34.9 Å². The minimum atomic E-state index is -0.119. The van der Waals surface area contributed by atoms with Crippen LogP contribution in [0.5, 0.6) is 6.01 Å². The molecule has 0 aliphatic heterocycles. The quantitative estimate of drug-likeness (QED) is 0.505. The predicted octanol–water partition coefficient (Wildman–Crippen LogP) is 2.18. The molecule has 4 aromatic heterocycles. The van der Waals surface area contributed by atoms with Crippen LogP contribution in [0.4, 0.5) is 0 Å². The van der Waals surface area contributed by atoms with Crippen LogP contribution in [0.3, 0.4) is 0 Å². The highest BCUT2D eigenvalue weighted by Gasteiger charge is 2.10. The van der Waals surface area contributed by atoms with Crippen LogP contribution in [0.2, 0.25) is 0 Å². The maximum Gasteiger partial charge on any atom is 0.316 e. The van der Waals surface area contributed by atoms with Crippen molar-refractivity contribution in [2.24, 2.45) is 0 Å². The number of ether oxygens (including phenoxy) is 1. The van der Waals surface area contributed by atoms with Gasteiger partial charge >= 0.3 is 6.01 Å². The van der Waals surface area contributed by atoms with E-state index >= 15 is 0 Å². The fraction of sp³-hybridized carbons (Fsp3) is 0.100. The van der Waals surface area contributed by atoms with E-state index < -0.39 is 0 Å². The molecule has 0 fully saturated rings. The number of hydrogen-bond donors (Lipinski definition) is 1. The molecule has 142 valence electrons. The zero-order chi connectivity index (χ0) is 19.8. The molecule has 0 radical (unpaired) electrons. The molecule has 0 saturated carbocycles. The zero-order valence-corrected chi connectivity index (χ0v) is 15.4. The van der Waals surface area contributed by atoms with E-state index in [1.165, 1.54) is 13.2 Å². The van der Waals surface area contributed by atoms with Gasteiger partial charge in [-0.3, -0.25) is 4.79 Å². The molecule has 4 heterocycles. The van der Waals surface area contributed by atoms with Crippen LogP contribution < -0.4 is 10.3 Å². The van der Waals surface area contributed by atoms with Gasteiger partial charge < -0.3 is 9.72 Å². The maximum atomic E-state index is 11.5. The van der Waals surface area contributed by atoms with E-state index in [1.54, 1.807) is 23.1 Å². The van der Waals surface area contributed by atoms with Crippen molar-refractivity contribution < 1.29 is 4.74 Å². The van der Waals surface area contributed by atoms with E-state index in [4.69, 9.17) is 9.72 Å². The second-order valence-corrected chi connectivity index (χ2v) is 6.49. The molecule has 5 rings (SSSR count). The van der Waals surface area contributed by atoms with E-state index in [-0.39, 0.29) is 5.56 Å². The Morgan fingerprint density at radius 2 is 1.93 bits per heavy atom. The standard InChI is InChI=1S/C20H15N7O2/c1-29-20-21-9-14(10-22-20)16-5-6-17-19(24-16)27(26-25-17)11-12-2-4-15-13(8-12)3-7-18(28)23-15/h2-10H,11H2,1H3,(H,23,28). The minimum absolute atomic E-state index is 0.119. The first-order valence-electron chi connectivity index (χ1n) is 8.88. The van der Waals surface area contributed by atoms with Crippen molar-refractivity contribution >= 4 is 22.1 Å². The summed E-state index contributed by atoms with van der Waals surface area (Å²) in [5.41, 5.74) is 4.57. The number of methoxy groups -OCH3 is 1. The lowest BCUT2D eigenvalue weighted by Crippen LogP contribution is -2.05. The summed E-state index contributed by atoms with van der Waals surface area (Å²) in [4.78, 5) is 27.2. The molecule has 0 aliphatic carbocycles. The van der Waals surface area contributed by atoms with E-state index in [0.29, 0.717) is 23.7 Å². The largest absolute Gasteiger partial charge is 0.467 e. The molecule has 29 heavy (non-hydrogen) atoms. The third kappa shape index (κ3) is 3.18. The highest BCUT2D eigenvalue weighted by Crippen LogP contribution is 2.20. The van der Waals surface area contributed by atoms with Crippen LogP contribution in [0.25, 0.3) is 33.3 Å². The van der Waals surface area contributed by atoms with Gasteiger partial charge in [-0.25, -0.2) is 19.6 Å². The number of H-pyrrole nitrogens is 1. The topological polar surface area (TPSA) is 111 Å². The molecule has 9 nitrogen and oxygen atoms in total. The number of benzene rings is 1. The number of aromatic amines is 1. The average molecular weight is 385 g/mol. The molecular weight excluding hydrogens is 370 g/mol. The highest BCUT2D eigenvalue weighted by molar-refractivity contribution is 5.79. The monoisotopic (exact) mass is 385 g/mol. The lowest BCUT2D eigenvalue weighted by atomic mass is 10.1. The molecule has 1 N–H and O–H groups in total. The second-order valence-electron chi connectivity index (χ2n) is 6.49. The normalized spacial score (nSPS) is 11.2. The summed E-state index contributed by atoms with van der Waals surface area (Å²) in [7, 11) is 1.52. The van der Waals surface area contributed by atoms with Crippen molar-refractivity contribution in [2.45, 2.75) is 6.54 Å². The van der Waals surface area contributed by atoms with Gasteiger partial charge in [0.15, 0.2) is 5.65 Å². The van der Waals surface area contributed by atoms with Crippen LogP contribution in [0.15, 0.2) is 59.7 Å². The van der Waals surface area contributed by atoms with Gasteiger partial charge in [-0.15, -0.1) is 5.10 Å². The molecule has 0 amide bonds. The number of nitrogens with one attached hydrogen (secondary N) is 1. The summed E-state index contributed by atoms with van der Waals surface area (Å²) in [6.45, 7) is 0.501. The van der Waals surface area contributed by atoms with Gasteiger partial charge in [0.05, 0.1) is 19.3 Å². The molecule has 0 spiro atoms. The summed E-state index contributed by atoms with van der Waals surface area (Å²) >= 11 is 0. The van der Waals surface area contributed by atoms with Gasteiger partial charge in [0.2, 0.25) is 5.56 Å². The Kier molecular flexibility index (Phi) is 3.98. The number of aromatic nitrogens is 7. The van der Waals surface area contributed by atoms with Gasteiger partial charge in [-0.1, -0.05) is 11.3 Å². The third-order valence-electron chi connectivity index (χ3n) is 4.59. The van der Waals surface area contributed by atoms with Gasteiger partial charge in [0, 0.05) is 29.5 Å². The summed E-state index contributed by atoms with van der Waals surface area (Å²) in [6.07, 6.45) is 3.33. The first-order valence-corrected chi connectivity index (χ1v) is 8.88. The van der Waals surface area contributed by atoms with Gasteiger partial charge in [0.25, 0.3) is 0 Å². The van der Waals surface area contributed by atoms with Crippen molar-refractivity contribution in [3.8, 4) is 17.3 Å². The Morgan fingerprint density at radius 3 is 2.76 bits per heavy atom. The Bertz CT molecular complexity index is 1390. The maximum absolute atomic E-state index is 11.5. The molecular formula is C20H15N7O2. The molecule has 1 aromatic carbocycles. The number of nitrogens with zero attached hydrogens (tertiary/aromatic N) is 6. The van der Waals surface area contributed by atoms with Crippen LogP contribution in [0, 0.1) is 0 Å². The number of fused-ring (bicyclic) bond motifs is 2. The molecule has 5 aromatic rings. The Balaban J connectivity index is 1.51. The third-order valence-corrected chi connectivity index (χ3v) is 4.59. The first-order chi connectivity index (χ1) is 14.2. The van der Waals surface area contributed by atoms with Crippen LogP contribution in [-0.2, 0) is 6.54 Å². The fourth-order valence-electron chi connectivity index (χ4n) is 3.15. The van der Waals surface area contributed by atoms with Crippen LogP contribution >= 0.6 is 0 Å². The summed E-state index contributed by atoms with van der Waals surface area (Å²) in [6, 6.07) is 13.2. The molecule has 0 saturated heterocycles. The lowest BCUT2D eigenvalue weighted by molar-refractivity contribution is 0.380. The molecule has 0 unspecified atom stereocenters. The summed E-state index contributed by atoms with van der Waals surface area (Å²) in [5.74, 6) is 0. The summed E-state index contributed by atoms with van der Waals surface area (Å²) in [5, 5.41) is 9.40. The van der Waals surface area contributed by atoms with Crippen molar-refractivity contribution in [2.75, 3.05) is 7.11 Å². The lowest BCUT2D eigenvalue weighted by Gasteiger charge is -2.06. The summed E-state index contributed by atoms with van der Waals surface area (Å²) < 4.78 is 6.75. The van der Waals surface area contributed by atoms with E-state index in [0.717, 1.165) is 27.7 Å². The van der Waals surface area contributed by atoms with E-state index in [9.17, 15) is 4.79 Å². The molecule has 0 bridgehead atoms. The fourth-order valence-corrected chi connectivity index (χ4v) is 3.15. The average Bonchev–Trinajstić information content (AvgIpc) is 3.16. The smallest absolute Gasteiger partial charge is 0.316 e. The SMILES string of the molecule is COc1ncc(-c2ccc3nnn(Cc4ccc5[nH]c(=O)ccc5c4)c3n2)cn1.